The van der Waals surface area contributed by atoms with Gasteiger partial charge in [0, 0.05) is 17.3 Å². The zero-order valence-corrected chi connectivity index (χ0v) is 21.1. The van der Waals surface area contributed by atoms with E-state index >= 15 is 0 Å². The number of fused-ring (bicyclic) bond motifs is 1. The SMILES string of the molecule is Cc1nc(SCC(=O)Nc2c(C)n(C)n(-c3ccccc3)c2=O)c2cc(-c3ccccc3)sc2n1. The van der Waals surface area contributed by atoms with Crippen LogP contribution in [-0.2, 0) is 11.8 Å². The van der Waals surface area contributed by atoms with Crippen LogP contribution in [0.4, 0.5) is 5.69 Å². The van der Waals surface area contributed by atoms with Crippen molar-refractivity contribution in [1.82, 2.24) is 19.3 Å². The third-order valence-electron chi connectivity index (χ3n) is 5.69. The number of aryl methyl sites for hydroxylation is 1. The lowest BCUT2D eigenvalue weighted by molar-refractivity contribution is -0.113. The van der Waals surface area contributed by atoms with Crippen LogP contribution in [0.15, 0.2) is 76.6 Å². The molecule has 0 saturated carbocycles. The Morgan fingerprint density at radius 2 is 1.71 bits per heavy atom. The van der Waals surface area contributed by atoms with E-state index in [9.17, 15) is 9.59 Å². The molecule has 35 heavy (non-hydrogen) atoms. The van der Waals surface area contributed by atoms with E-state index in [0.717, 1.165) is 31.4 Å². The zero-order chi connectivity index (χ0) is 24.5. The molecule has 0 spiro atoms. The normalized spacial score (nSPS) is 11.2. The van der Waals surface area contributed by atoms with Crippen molar-refractivity contribution in [1.29, 1.82) is 0 Å². The Morgan fingerprint density at radius 3 is 2.43 bits per heavy atom. The Morgan fingerprint density at radius 1 is 1.03 bits per heavy atom. The van der Waals surface area contributed by atoms with E-state index in [0.29, 0.717) is 11.5 Å². The maximum atomic E-state index is 13.1. The van der Waals surface area contributed by atoms with Crippen molar-refractivity contribution in [2.45, 2.75) is 18.9 Å². The average Bonchev–Trinajstić information content (AvgIpc) is 3.38. The third-order valence-corrected chi connectivity index (χ3v) is 7.76. The topological polar surface area (TPSA) is 81.8 Å². The highest BCUT2D eigenvalue weighted by Crippen LogP contribution is 2.36. The molecule has 0 atom stereocenters. The Hall–Kier alpha value is -3.69. The molecule has 0 saturated heterocycles. The van der Waals surface area contributed by atoms with Gasteiger partial charge in [0.25, 0.3) is 5.56 Å². The fourth-order valence-corrected chi connectivity index (χ4v) is 5.87. The molecular formula is C26H23N5O2S2. The van der Waals surface area contributed by atoms with Crippen LogP contribution in [0, 0.1) is 13.8 Å². The second-order valence-electron chi connectivity index (χ2n) is 8.04. The van der Waals surface area contributed by atoms with Gasteiger partial charge in [-0.2, -0.15) is 0 Å². The van der Waals surface area contributed by atoms with Crippen molar-refractivity contribution < 1.29 is 4.79 Å². The molecule has 3 aromatic heterocycles. The lowest BCUT2D eigenvalue weighted by Gasteiger charge is -2.07. The van der Waals surface area contributed by atoms with Crippen molar-refractivity contribution >= 4 is 44.9 Å². The molecule has 0 aliphatic rings. The number of rotatable bonds is 6. The molecule has 0 unspecified atom stereocenters. The Kier molecular flexibility index (Phi) is 6.27. The number of benzene rings is 2. The fraction of sp³-hybridized carbons (Fsp3) is 0.154. The number of nitrogens with zero attached hydrogens (tertiary/aromatic N) is 4. The van der Waals surface area contributed by atoms with Gasteiger partial charge in [-0.15, -0.1) is 11.3 Å². The zero-order valence-electron chi connectivity index (χ0n) is 19.5. The Bertz CT molecular complexity index is 1590. The minimum atomic E-state index is -0.264. The lowest BCUT2D eigenvalue weighted by Crippen LogP contribution is -2.23. The van der Waals surface area contributed by atoms with E-state index in [1.165, 1.54) is 11.8 Å². The molecule has 0 radical (unpaired) electrons. The van der Waals surface area contributed by atoms with E-state index in [-0.39, 0.29) is 22.9 Å². The van der Waals surface area contributed by atoms with Crippen LogP contribution in [0.5, 0.6) is 0 Å². The lowest BCUT2D eigenvalue weighted by atomic mass is 10.2. The Balaban J connectivity index is 1.37. The fourth-order valence-electron chi connectivity index (χ4n) is 3.87. The summed E-state index contributed by atoms with van der Waals surface area (Å²) in [6.45, 7) is 3.67. The smallest absolute Gasteiger partial charge is 0.295 e. The number of nitrogens with one attached hydrogen (secondary N) is 1. The van der Waals surface area contributed by atoms with Crippen LogP contribution < -0.4 is 10.9 Å². The van der Waals surface area contributed by atoms with Crippen molar-refractivity contribution in [3.05, 3.63) is 88.6 Å². The Labute approximate surface area is 210 Å². The quantitative estimate of drug-likeness (QED) is 0.256. The van der Waals surface area contributed by atoms with Crippen LogP contribution in [-0.4, -0.2) is 31.0 Å². The van der Waals surface area contributed by atoms with Crippen LogP contribution >= 0.6 is 23.1 Å². The molecule has 5 aromatic rings. The number of aromatic nitrogens is 4. The summed E-state index contributed by atoms with van der Waals surface area (Å²) < 4.78 is 3.29. The molecule has 9 heteroatoms. The number of hydrogen-bond donors (Lipinski definition) is 1. The van der Waals surface area contributed by atoms with E-state index in [4.69, 9.17) is 0 Å². The van der Waals surface area contributed by atoms with E-state index in [2.05, 4.69) is 33.5 Å². The average molecular weight is 502 g/mol. The summed E-state index contributed by atoms with van der Waals surface area (Å²) in [4.78, 5) is 37.1. The second kappa shape index (κ2) is 9.52. The van der Waals surface area contributed by atoms with Crippen molar-refractivity contribution in [3.8, 4) is 16.1 Å². The molecular weight excluding hydrogens is 478 g/mol. The molecule has 0 bridgehead atoms. The second-order valence-corrected chi connectivity index (χ2v) is 10.0. The van der Waals surface area contributed by atoms with Gasteiger partial charge in [-0.3, -0.25) is 14.3 Å². The molecule has 5 rings (SSSR count). The molecule has 0 aliphatic carbocycles. The van der Waals surface area contributed by atoms with Crippen molar-refractivity contribution in [3.63, 3.8) is 0 Å². The molecule has 7 nitrogen and oxygen atoms in total. The van der Waals surface area contributed by atoms with Gasteiger partial charge in [0.15, 0.2) is 0 Å². The molecule has 0 aliphatic heterocycles. The van der Waals surface area contributed by atoms with Crippen LogP contribution in [0.3, 0.4) is 0 Å². The summed E-state index contributed by atoms with van der Waals surface area (Å²) >= 11 is 2.96. The summed E-state index contributed by atoms with van der Waals surface area (Å²) in [6.07, 6.45) is 0. The third kappa shape index (κ3) is 4.52. The van der Waals surface area contributed by atoms with Crippen molar-refractivity contribution in [2.75, 3.05) is 11.1 Å². The summed E-state index contributed by atoms with van der Waals surface area (Å²) in [5.41, 5.74) is 2.57. The van der Waals surface area contributed by atoms with Gasteiger partial charge in [-0.1, -0.05) is 60.3 Å². The van der Waals surface area contributed by atoms with Crippen LogP contribution in [0.2, 0.25) is 0 Å². The highest BCUT2D eigenvalue weighted by molar-refractivity contribution is 8.00. The highest BCUT2D eigenvalue weighted by atomic mass is 32.2. The molecule has 0 fully saturated rings. The standard InChI is InChI=1S/C26H23N5O2S2/c1-16-23(26(33)31(30(16)3)19-12-8-5-9-13-19)29-22(32)15-34-24-20-14-21(18-10-6-4-7-11-18)35-25(20)28-17(2)27-24/h4-14H,15H2,1-3H3,(H,29,32). The first kappa shape index (κ1) is 23.1. The van der Waals surface area contributed by atoms with Crippen molar-refractivity contribution in [2.24, 2.45) is 7.05 Å². The summed E-state index contributed by atoms with van der Waals surface area (Å²) in [5, 5.41) is 4.51. The van der Waals surface area contributed by atoms with Gasteiger partial charge in [0.1, 0.15) is 21.4 Å². The minimum Gasteiger partial charge on any atom is -0.319 e. The maximum absolute atomic E-state index is 13.1. The predicted octanol–water partition coefficient (Wildman–Crippen LogP) is 5.20. The highest BCUT2D eigenvalue weighted by Gasteiger charge is 2.19. The molecule has 3 heterocycles. The number of hydrogen-bond acceptors (Lipinski definition) is 6. The number of thiophene rings is 1. The van der Waals surface area contributed by atoms with Gasteiger partial charge >= 0.3 is 0 Å². The van der Waals surface area contributed by atoms with Gasteiger partial charge in [0.05, 0.1) is 17.1 Å². The number of amides is 1. The number of thioether (sulfide) groups is 1. The van der Waals surface area contributed by atoms with E-state index in [1.54, 1.807) is 27.7 Å². The first-order chi connectivity index (χ1) is 16.9. The summed E-state index contributed by atoms with van der Waals surface area (Å²) in [7, 11) is 1.80. The van der Waals surface area contributed by atoms with Gasteiger partial charge < -0.3 is 5.32 Å². The monoisotopic (exact) mass is 501 g/mol. The first-order valence-electron chi connectivity index (χ1n) is 11.0. The largest absolute Gasteiger partial charge is 0.319 e. The number of anilines is 1. The summed E-state index contributed by atoms with van der Waals surface area (Å²) in [6, 6.07) is 21.6. The van der Waals surface area contributed by atoms with Crippen LogP contribution in [0.25, 0.3) is 26.3 Å². The number of para-hydroxylation sites is 1. The van der Waals surface area contributed by atoms with Gasteiger partial charge in [-0.05, 0) is 37.6 Å². The maximum Gasteiger partial charge on any atom is 0.295 e. The molecule has 1 N–H and O–H groups in total. The number of carbonyl (C=O) groups is 1. The molecule has 176 valence electrons. The van der Waals surface area contributed by atoms with Gasteiger partial charge in [0.2, 0.25) is 5.91 Å². The first-order valence-corrected chi connectivity index (χ1v) is 12.8. The molecule has 2 aromatic carbocycles. The predicted molar refractivity (Wildman–Crippen MR) is 143 cm³/mol. The summed E-state index contributed by atoms with van der Waals surface area (Å²) in [5.74, 6) is 0.525. The molecule has 1 amide bonds. The van der Waals surface area contributed by atoms with E-state index < -0.39 is 0 Å². The van der Waals surface area contributed by atoms with E-state index in [1.807, 2.05) is 62.4 Å². The van der Waals surface area contributed by atoms with Gasteiger partial charge in [-0.25, -0.2) is 14.6 Å². The number of carbonyl (C=O) groups excluding carboxylic acids is 1. The van der Waals surface area contributed by atoms with Crippen LogP contribution in [0.1, 0.15) is 11.5 Å². The minimum absolute atomic E-state index is 0.126.